The minimum Gasteiger partial charge on any atom is -0.394 e. The molecule has 0 heterocycles. The fourth-order valence-electron chi connectivity index (χ4n) is 1.17. The van der Waals surface area contributed by atoms with Crippen LogP contribution in [0.25, 0.3) is 0 Å². The van der Waals surface area contributed by atoms with Gasteiger partial charge in [-0.05, 0) is 11.6 Å². The van der Waals surface area contributed by atoms with Crippen LogP contribution in [-0.2, 0) is 6.42 Å². The van der Waals surface area contributed by atoms with E-state index >= 15 is 0 Å². The third kappa shape index (κ3) is 2.37. The van der Waals surface area contributed by atoms with E-state index in [2.05, 4.69) is 0 Å². The van der Waals surface area contributed by atoms with Gasteiger partial charge in [-0.15, -0.1) is 0 Å². The Labute approximate surface area is 80.8 Å². The van der Waals surface area contributed by atoms with Crippen LogP contribution in [0.1, 0.15) is 15.9 Å². The lowest BCUT2D eigenvalue weighted by Gasteiger charge is -2.08. The van der Waals surface area contributed by atoms with E-state index < -0.39 is 18.5 Å². The van der Waals surface area contributed by atoms with Gasteiger partial charge in [0.1, 0.15) is 5.82 Å². The number of benzene rings is 1. The number of aliphatic hydroxyl groups excluding tert-OH is 2. The van der Waals surface area contributed by atoms with Crippen molar-refractivity contribution >= 4 is 6.29 Å². The fraction of sp³-hybridized carbons (Fsp3) is 0.300. The molecule has 0 saturated carbocycles. The van der Waals surface area contributed by atoms with Crippen molar-refractivity contribution in [2.45, 2.75) is 12.5 Å². The first-order chi connectivity index (χ1) is 6.69. The number of hydrogen-bond donors (Lipinski definition) is 2. The topological polar surface area (TPSA) is 57.5 Å². The summed E-state index contributed by atoms with van der Waals surface area (Å²) in [6.07, 6.45) is -0.569. The summed E-state index contributed by atoms with van der Waals surface area (Å²) >= 11 is 0. The Hall–Kier alpha value is -1.26. The quantitative estimate of drug-likeness (QED) is 0.694. The second-order valence-corrected chi connectivity index (χ2v) is 2.98. The molecule has 1 unspecified atom stereocenters. The van der Waals surface area contributed by atoms with E-state index in [1.807, 2.05) is 0 Å². The predicted octanol–water partition coefficient (Wildman–Crippen LogP) is 0.534. The van der Waals surface area contributed by atoms with Gasteiger partial charge < -0.3 is 10.2 Å². The molecule has 1 rings (SSSR count). The molecule has 0 bridgehead atoms. The van der Waals surface area contributed by atoms with Crippen molar-refractivity contribution in [3.8, 4) is 0 Å². The van der Waals surface area contributed by atoms with Gasteiger partial charge in [-0.3, -0.25) is 4.79 Å². The Morgan fingerprint density at radius 3 is 2.79 bits per heavy atom. The van der Waals surface area contributed by atoms with E-state index in [4.69, 9.17) is 10.2 Å². The fourth-order valence-corrected chi connectivity index (χ4v) is 1.17. The van der Waals surface area contributed by atoms with Crippen molar-refractivity contribution in [1.29, 1.82) is 0 Å². The van der Waals surface area contributed by atoms with E-state index in [0.29, 0.717) is 6.29 Å². The third-order valence-electron chi connectivity index (χ3n) is 1.90. The number of rotatable bonds is 4. The SMILES string of the molecule is O=Cc1cccc(CC(O)CO)c1F. The lowest BCUT2D eigenvalue weighted by atomic mass is 10.0. The zero-order valence-corrected chi connectivity index (χ0v) is 7.48. The van der Waals surface area contributed by atoms with Crippen molar-refractivity contribution in [1.82, 2.24) is 0 Å². The lowest BCUT2D eigenvalue weighted by molar-refractivity contribution is 0.0947. The highest BCUT2D eigenvalue weighted by Crippen LogP contribution is 2.13. The smallest absolute Gasteiger partial charge is 0.153 e. The molecule has 0 aliphatic heterocycles. The molecule has 76 valence electrons. The normalized spacial score (nSPS) is 12.5. The van der Waals surface area contributed by atoms with E-state index in [9.17, 15) is 9.18 Å². The standard InChI is InChI=1S/C10H11FO3/c11-10-7(4-9(14)6-13)2-1-3-8(10)5-12/h1-3,5,9,13-14H,4,6H2. The maximum absolute atomic E-state index is 13.3. The average molecular weight is 198 g/mol. The van der Waals surface area contributed by atoms with E-state index in [0.717, 1.165) is 0 Å². The molecule has 0 amide bonds. The molecule has 0 aliphatic rings. The maximum Gasteiger partial charge on any atom is 0.153 e. The van der Waals surface area contributed by atoms with Crippen LogP contribution < -0.4 is 0 Å². The van der Waals surface area contributed by atoms with Gasteiger partial charge in [-0.2, -0.15) is 0 Å². The molecular weight excluding hydrogens is 187 g/mol. The van der Waals surface area contributed by atoms with Gasteiger partial charge in [-0.1, -0.05) is 12.1 Å². The number of carbonyl (C=O) groups is 1. The zero-order chi connectivity index (χ0) is 10.6. The molecule has 3 nitrogen and oxygen atoms in total. The number of aliphatic hydroxyl groups is 2. The molecule has 0 aromatic heterocycles. The number of carbonyl (C=O) groups excluding carboxylic acids is 1. The van der Waals surface area contributed by atoms with Crippen molar-refractivity contribution in [3.05, 3.63) is 35.1 Å². The van der Waals surface area contributed by atoms with Gasteiger partial charge in [0.2, 0.25) is 0 Å². The molecular formula is C10H11FO3. The van der Waals surface area contributed by atoms with Crippen LogP contribution in [0, 0.1) is 5.82 Å². The lowest BCUT2D eigenvalue weighted by Crippen LogP contribution is -2.16. The summed E-state index contributed by atoms with van der Waals surface area (Å²) in [6.45, 7) is -0.426. The van der Waals surface area contributed by atoms with Crippen LogP contribution in [0.4, 0.5) is 4.39 Å². The summed E-state index contributed by atoms with van der Waals surface area (Å²) in [7, 11) is 0. The molecule has 4 heteroatoms. The second kappa shape index (κ2) is 4.83. The summed E-state index contributed by atoms with van der Waals surface area (Å²) in [4.78, 5) is 10.4. The highest BCUT2D eigenvalue weighted by molar-refractivity contribution is 5.75. The van der Waals surface area contributed by atoms with Gasteiger partial charge in [0.05, 0.1) is 18.3 Å². The Morgan fingerprint density at radius 2 is 2.21 bits per heavy atom. The summed E-state index contributed by atoms with van der Waals surface area (Å²) in [6, 6.07) is 4.37. The first-order valence-electron chi connectivity index (χ1n) is 4.20. The van der Waals surface area contributed by atoms with Crippen molar-refractivity contribution in [2.75, 3.05) is 6.61 Å². The molecule has 1 aromatic rings. The van der Waals surface area contributed by atoms with Crippen molar-refractivity contribution in [2.24, 2.45) is 0 Å². The average Bonchev–Trinajstić information content (AvgIpc) is 2.21. The van der Waals surface area contributed by atoms with Crippen molar-refractivity contribution in [3.63, 3.8) is 0 Å². The Kier molecular flexibility index (Phi) is 3.73. The first kappa shape index (κ1) is 10.8. The zero-order valence-electron chi connectivity index (χ0n) is 7.48. The first-order valence-corrected chi connectivity index (χ1v) is 4.20. The summed E-state index contributed by atoms with van der Waals surface area (Å²) in [5.74, 6) is -0.630. The summed E-state index contributed by atoms with van der Waals surface area (Å²) in [5, 5.41) is 17.7. The van der Waals surface area contributed by atoms with Crippen LogP contribution in [0.3, 0.4) is 0 Å². The van der Waals surface area contributed by atoms with Crippen LogP contribution in [0.2, 0.25) is 0 Å². The minimum absolute atomic E-state index is 0.00398. The summed E-state index contributed by atoms with van der Waals surface area (Å²) in [5.41, 5.74) is 0.198. The predicted molar refractivity (Wildman–Crippen MR) is 48.6 cm³/mol. The van der Waals surface area contributed by atoms with Crippen LogP contribution >= 0.6 is 0 Å². The minimum atomic E-state index is -0.994. The molecule has 0 saturated heterocycles. The molecule has 1 aromatic carbocycles. The van der Waals surface area contributed by atoms with Gasteiger partial charge in [-0.25, -0.2) is 4.39 Å². The largest absolute Gasteiger partial charge is 0.394 e. The van der Waals surface area contributed by atoms with E-state index in [1.165, 1.54) is 18.2 Å². The Morgan fingerprint density at radius 1 is 1.50 bits per heavy atom. The van der Waals surface area contributed by atoms with Gasteiger partial charge in [0.15, 0.2) is 6.29 Å². The highest BCUT2D eigenvalue weighted by Gasteiger charge is 2.10. The van der Waals surface area contributed by atoms with Crippen LogP contribution in [0.15, 0.2) is 18.2 Å². The highest BCUT2D eigenvalue weighted by atomic mass is 19.1. The molecule has 0 aliphatic carbocycles. The molecule has 0 spiro atoms. The molecule has 1 atom stereocenters. The van der Waals surface area contributed by atoms with Crippen LogP contribution in [0.5, 0.6) is 0 Å². The summed E-state index contributed by atoms with van der Waals surface area (Å²) < 4.78 is 13.3. The molecule has 0 fully saturated rings. The monoisotopic (exact) mass is 198 g/mol. The van der Waals surface area contributed by atoms with Gasteiger partial charge in [0.25, 0.3) is 0 Å². The number of aldehydes is 1. The van der Waals surface area contributed by atoms with E-state index in [1.54, 1.807) is 0 Å². The second-order valence-electron chi connectivity index (χ2n) is 2.98. The number of halogens is 1. The van der Waals surface area contributed by atoms with Crippen molar-refractivity contribution < 1.29 is 19.4 Å². The molecule has 2 N–H and O–H groups in total. The Bertz CT molecular complexity index is 325. The molecule has 0 radical (unpaired) electrons. The van der Waals surface area contributed by atoms with E-state index in [-0.39, 0.29) is 17.5 Å². The van der Waals surface area contributed by atoms with Gasteiger partial charge in [0, 0.05) is 6.42 Å². The Balaban J connectivity index is 2.92. The van der Waals surface area contributed by atoms with Gasteiger partial charge >= 0.3 is 0 Å². The number of hydrogen-bond acceptors (Lipinski definition) is 3. The maximum atomic E-state index is 13.3. The van der Waals surface area contributed by atoms with Crippen LogP contribution in [-0.4, -0.2) is 29.2 Å². The third-order valence-corrected chi connectivity index (χ3v) is 1.90. The molecule has 14 heavy (non-hydrogen) atoms.